The predicted octanol–water partition coefficient (Wildman–Crippen LogP) is 4.14. The quantitative estimate of drug-likeness (QED) is 0.537. The fourth-order valence-electron chi connectivity index (χ4n) is 2.70. The maximum atomic E-state index is 13.7. The Hall–Kier alpha value is -3.38. The Balaban J connectivity index is 2.00. The maximum Gasteiger partial charge on any atom is 0.266 e. The van der Waals surface area contributed by atoms with Crippen LogP contribution in [0.15, 0.2) is 65.7 Å². The van der Waals surface area contributed by atoms with Gasteiger partial charge in [0.1, 0.15) is 11.6 Å². The number of hydrogen-bond donors (Lipinski definition) is 0. The predicted molar refractivity (Wildman–Crippen MR) is 103 cm³/mol. The minimum absolute atomic E-state index is 0.169. The minimum Gasteiger partial charge on any atom is -0.268 e. The first-order chi connectivity index (χ1) is 13.1. The van der Waals surface area contributed by atoms with Gasteiger partial charge >= 0.3 is 0 Å². The van der Waals surface area contributed by atoms with Crippen molar-refractivity contribution in [3.63, 3.8) is 0 Å². The zero-order valence-corrected chi connectivity index (χ0v) is 14.6. The van der Waals surface area contributed by atoms with E-state index in [9.17, 15) is 9.18 Å². The van der Waals surface area contributed by atoms with Crippen LogP contribution in [0, 0.1) is 5.82 Å². The molecule has 2 heterocycles. The second-order valence-corrected chi connectivity index (χ2v) is 6.07. The standard InChI is InChI=1S/C20H12ClFN4O/c21-15-4-1-2-5-17(15)26-19(9-8-18-23-10-3-11-24-18)25-16-7-6-13(22)12-14(16)20(26)27/h1-12H/b9-8+. The molecule has 4 aromatic rings. The molecule has 7 heteroatoms. The van der Waals surface area contributed by atoms with Crippen molar-refractivity contribution in [3.8, 4) is 5.69 Å². The molecule has 0 atom stereocenters. The molecule has 0 unspecified atom stereocenters. The van der Waals surface area contributed by atoms with Gasteiger partial charge in [-0.1, -0.05) is 23.7 Å². The van der Waals surface area contributed by atoms with Crippen LogP contribution in [-0.4, -0.2) is 19.5 Å². The van der Waals surface area contributed by atoms with Crippen molar-refractivity contribution in [2.45, 2.75) is 0 Å². The first-order valence-electron chi connectivity index (χ1n) is 8.06. The maximum absolute atomic E-state index is 13.7. The molecule has 0 bridgehead atoms. The molecule has 0 N–H and O–H groups in total. The second kappa shape index (κ2) is 7.09. The van der Waals surface area contributed by atoms with E-state index < -0.39 is 11.4 Å². The van der Waals surface area contributed by atoms with Gasteiger partial charge in [-0.2, -0.15) is 0 Å². The van der Waals surface area contributed by atoms with E-state index in [4.69, 9.17) is 11.6 Å². The molecule has 0 aliphatic rings. The fourth-order valence-corrected chi connectivity index (χ4v) is 2.92. The van der Waals surface area contributed by atoms with Gasteiger partial charge in [0.25, 0.3) is 5.56 Å². The van der Waals surface area contributed by atoms with Crippen LogP contribution in [0.3, 0.4) is 0 Å². The number of aromatic nitrogens is 4. The largest absolute Gasteiger partial charge is 0.268 e. The lowest BCUT2D eigenvalue weighted by atomic mass is 10.2. The Morgan fingerprint density at radius 3 is 2.56 bits per heavy atom. The first kappa shape index (κ1) is 17.1. The van der Waals surface area contributed by atoms with Crippen LogP contribution in [0.5, 0.6) is 0 Å². The summed E-state index contributed by atoms with van der Waals surface area (Å²) in [6.45, 7) is 0. The average molecular weight is 379 g/mol. The molecule has 0 saturated carbocycles. The molecular formula is C20H12ClFN4O. The van der Waals surface area contributed by atoms with Crippen LogP contribution in [0.4, 0.5) is 4.39 Å². The van der Waals surface area contributed by atoms with Crippen LogP contribution in [0.2, 0.25) is 5.02 Å². The third kappa shape index (κ3) is 3.35. The summed E-state index contributed by atoms with van der Waals surface area (Å²) in [5.74, 6) is 0.296. The van der Waals surface area contributed by atoms with Crippen molar-refractivity contribution in [1.82, 2.24) is 19.5 Å². The Labute approximate surface area is 158 Å². The summed E-state index contributed by atoms with van der Waals surface area (Å²) in [4.78, 5) is 25.8. The molecule has 5 nitrogen and oxygen atoms in total. The lowest BCUT2D eigenvalue weighted by Gasteiger charge is -2.12. The van der Waals surface area contributed by atoms with E-state index in [0.717, 1.165) is 0 Å². The summed E-state index contributed by atoms with van der Waals surface area (Å²) in [7, 11) is 0. The van der Waals surface area contributed by atoms with Gasteiger partial charge in [-0.25, -0.2) is 19.3 Å². The highest BCUT2D eigenvalue weighted by molar-refractivity contribution is 6.32. The van der Waals surface area contributed by atoms with Crippen molar-refractivity contribution in [2.75, 3.05) is 0 Å². The number of para-hydroxylation sites is 1. The highest BCUT2D eigenvalue weighted by Crippen LogP contribution is 2.22. The second-order valence-electron chi connectivity index (χ2n) is 5.66. The molecule has 0 aliphatic heterocycles. The molecule has 4 rings (SSSR count). The molecule has 27 heavy (non-hydrogen) atoms. The lowest BCUT2D eigenvalue weighted by Crippen LogP contribution is -2.22. The zero-order chi connectivity index (χ0) is 18.8. The van der Waals surface area contributed by atoms with E-state index in [1.807, 2.05) is 0 Å². The minimum atomic E-state index is -0.506. The fraction of sp³-hybridized carbons (Fsp3) is 0. The average Bonchev–Trinajstić information content (AvgIpc) is 2.69. The van der Waals surface area contributed by atoms with Crippen LogP contribution in [0.1, 0.15) is 11.6 Å². The molecule has 0 aliphatic carbocycles. The highest BCUT2D eigenvalue weighted by Gasteiger charge is 2.14. The van der Waals surface area contributed by atoms with Crippen LogP contribution < -0.4 is 5.56 Å². The monoisotopic (exact) mass is 378 g/mol. The van der Waals surface area contributed by atoms with Gasteiger partial charge in [0.05, 0.1) is 21.6 Å². The van der Waals surface area contributed by atoms with Crippen molar-refractivity contribution in [2.24, 2.45) is 0 Å². The van der Waals surface area contributed by atoms with Gasteiger partial charge in [-0.3, -0.25) is 9.36 Å². The summed E-state index contributed by atoms with van der Waals surface area (Å²) in [5, 5.41) is 0.547. The number of benzene rings is 2. The molecule has 0 fully saturated rings. The molecule has 0 amide bonds. The molecule has 0 saturated heterocycles. The van der Waals surface area contributed by atoms with E-state index in [1.54, 1.807) is 54.9 Å². The molecule has 132 valence electrons. The molecular weight excluding hydrogens is 367 g/mol. The van der Waals surface area contributed by atoms with Crippen LogP contribution in [-0.2, 0) is 0 Å². The summed E-state index contributed by atoms with van der Waals surface area (Å²) in [6, 6.07) is 12.5. The Morgan fingerprint density at radius 1 is 1.00 bits per heavy atom. The van der Waals surface area contributed by atoms with E-state index in [-0.39, 0.29) is 5.39 Å². The molecule has 0 radical (unpaired) electrons. The number of halogens is 2. The summed E-state index contributed by atoms with van der Waals surface area (Å²) >= 11 is 6.29. The number of hydrogen-bond acceptors (Lipinski definition) is 4. The van der Waals surface area contributed by atoms with E-state index >= 15 is 0 Å². The third-order valence-corrected chi connectivity index (χ3v) is 4.24. The first-order valence-corrected chi connectivity index (χ1v) is 8.43. The van der Waals surface area contributed by atoms with Gasteiger partial charge in [0, 0.05) is 12.4 Å². The van der Waals surface area contributed by atoms with Gasteiger partial charge in [-0.15, -0.1) is 0 Å². The van der Waals surface area contributed by atoms with E-state index in [2.05, 4.69) is 15.0 Å². The molecule has 0 spiro atoms. The lowest BCUT2D eigenvalue weighted by molar-refractivity contribution is 0.629. The van der Waals surface area contributed by atoms with E-state index in [1.165, 1.54) is 22.8 Å². The van der Waals surface area contributed by atoms with Gasteiger partial charge in [0.15, 0.2) is 5.82 Å². The Bertz CT molecular complexity index is 1220. The van der Waals surface area contributed by atoms with Crippen molar-refractivity contribution in [3.05, 3.63) is 93.8 Å². The van der Waals surface area contributed by atoms with E-state index in [0.29, 0.717) is 27.9 Å². The van der Waals surface area contributed by atoms with Crippen molar-refractivity contribution >= 4 is 34.7 Å². The smallest absolute Gasteiger partial charge is 0.266 e. The van der Waals surface area contributed by atoms with Gasteiger partial charge in [-0.05, 0) is 48.6 Å². The third-order valence-electron chi connectivity index (χ3n) is 3.92. The highest BCUT2D eigenvalue weighted by atomic mass is 35.5. The Morgan fingerprint density at radius 2 is 1.78 bits per heavy atom. The van der Waals surface area contributed by atoms with Crippen molar-refractivity contribution in [1.29, 1.82) is 0 Å². The number of rotatable bonds is 3. The summed E-state index contributed by atoms with van der Waals surface area (Å²) in [5.41, 5.74) is 0.427. The topological polar surface area (TPSA) is 60.7 Å². The summed E-state index contributed by atoms with van der Waals surface area (Å²) in [6.07, 6.45) is 6.50. The Kier molecular flexibility index (Phi) is 4.48. The number of fused-ring (bicyclic) bond motifs is 1. The van der Waals surface area contributed by atoms with Crippen LogP contribution >= 0.6 is 11.6 Å². The molecule has 2 aromatic carbocycles. The van der Waals surface area contributed by atoms with Gasteiger partial charge in [0.2, 0.25) is 0 Å². The van der Waals surface area contributed by atoms with Gasteiger partial charge < -0.3 is 0 Å². The number of nitrogens with zero attached hydrogens (tertiary/aromatic N) is 4. The normalized spacial score (nSPS) is 11.3. The SMILES string of the molecule is O=c1c2cc(F)ccc2nc(/C=C/c2ncccn2)n1-c1ccccc1Cl. The van der Waals surface area contributed by atoms with Crippen LogP contribution in [0.25, 0.3) is 28.7 Å². The van der Waals surface area contributed by atoms with Crippen molar-refractivity contribution < 1.29 is 4.39 Å². The zero-order valence-electron chi connectivity index (χ0n) is 13.9. The molecule has 2 aromatic heterocycles. The summed E-state index contributed by atoms with van der Waals surface area (Å²) < 4.78 is 15.0.